The van der Waals surface area contributed by atoms with E-state index in [1.807, 2.05) is 44.2 Å². The minimum Gasteiger partial charge on any atom is -0.507 e. The van der Waals surface area contributed by atoms with Crippen LogP contribution in [0, 0.1) is 0 Å². The van der Waals surface area contributed by atoms with Crippen LogP contribution in [0.3, 0.4) is 0 Å². The first-order valence-electron chi connectivity index (χ1n) is 13.4. The highest BCUT2D eigenvalue weighted by Crippen LogP contribution is 2.45. The molecule has 1 saturated heterocycles. The number of aromatic nitrogens is 2. The van der Waals surface area contributed by atoms with Gasteiger partial charge in [-0.2, -0.15) is 0 Å². The zero-order valence-electron chi connectivity index (χ0n) is 22.7. The van der Waals surface area contributed by atoms with Gasteiger partial charge in [0.15, 0.2) is 4.34 Å². The maximum Gasteiger partial charge on any atom is 0.301 e. The highest BCUT2D eigenvalue weighted by Gasteiger charge is 2.48. The van der Waals surface area contributed by atoms with Crippen molar-refractivity contribution in [2.75, 3.05) is 11.5 Å². The summed E-state index contributed by atoms with van der Waals surface area (Å²) < 4.78 is 12.1. The molecule has 1 fully saturated rings. The van der Waals surface area contributed by atoms with E-state index in [9.17, 15) is 14.7 Å². The first-order valence-corrected chi connectivity index (χ1v) is 15.6. The molecule has 1 N–H and O–H groups in total. The number of hydrogen-bond donors (Lipinski definition) is 1. The van der Waals surface area contributed by atoms with Crippen LogP contribution in [-0.4, -0.2) is 39.7 Å². The van der Waals surface area contributed by atoms with E-state index in [0.29, 0.717) is 45.0 Å². The molecule has 1 aromatic heterocycles. The van der Waals surface area contributed by atoms with Gasteiger partial charge >= 0.3 is 5.91 Å². The van der Waals surface area contributed by atoms with E-state index in [4.69, 9.17) is 21.1 Å². The van der Waals surface area contributed by atoms with Crippen molar-refractivity contribution in [3.05, 3.63) is 99.6 Å². The van der Waals surface area contributed by atoms with Crippen LogP contribution >= 0.6 is 34.7 Å². The van der Waals surface area contributed by atoms with E-state index < -0.39 is 17.7 Å². The summed E-state index contributed by atoms with van der Waals surface area (Å²) in [6.07, 6.45) is 0.705. The normalized spacial score (nSPS) is 19.2. The van der Waals surface area contributed by atoms with Crippen LogP contribution in [0.15, 0.2) is 76.6 Å². The minimum atomic E-state index is -0.941. The van der Waals surface area contributed by atoms with Crippen LogP contribution in [-0.2, 0) is 21.8 Å². The number of hydrogen-bond acceptors (Lipinski definition) is 9. The Bertz CT molecular complexity index is 1720. The number of carbonyl (C=O) groups is 2. The van der Waals surface area contributed by atoms with Crippen molar-refractivity contribution < 1.29 is 24.2 Å². The van der Waals surface area contributed by atoms with Gasteiger partial charge in [-0.05, 0) is 66.9 Å². The molecular weight excluding hydrogens is 594 g/mol. The average Bonchev–Trinajstić information content (AvgIpc) is 3.67. The van der Waals surface area contributed by atoms with Crippen LogP contribution in [0.1, 0.15) is 42.1 Å². The molecule has 0 bridgehead atoms. The molecule has 42 heavy (non-hydrogen) atoms. The molecule has 11 heteroatoms. The number of rotatable bonds is 8. The summed E-state index contributed by atoms with van der Waals surface area (Å²) in [7, 11) is 0. The van der Waals surface area contributed by atoms with E-state index in [1.54, 1.807) is 36.4 Å². The lowest BCUT2D eigenvalue weighted by atomic mass is 9.94. The topological polar surface area (TPSA) is 102 Å². The fraction of sp³-hybridized carbons (Fsp3) is 0.226. The Morgan fingerprint density at radius 1 is 1.14 bits per heavy atom. The first-order chi connectivity index (χ1) is 20.3. The van der Waals surface area contributed by atoms with Crippen LogP contribution in [0.2, 0.25) is 5.02 Å². The molecule has 2 aliphatic heterocycles. The molecule has 3 aromatic carbocycles. The quantitative estimate of drug-likeness (QED) is 0.0753. The first kappa shape index (κ1) is 28.3. The summed E-state index contributed by atoms with van der Waals surface area (Å²) in [6.45, 7) is 4.29. The third-order valence-electron chi connectivity index (χ3n) is 7.01. The fourth-order valence-corrected chi connectivity index (χ4v) is 7.28. The second-order valence-corrected chi connectivity index (χ2v) is 12.4. The van der Waals surface area contributed by atoms with Crippen molar-refractivity contribution in [2.45, 2.75) is 42.5 Å². The van der Waals surface area contributed by atoms with Gasteiger partial charge in [-0.15, -0.1) is 10.2 Å². The molecule has 0 saturated carbocycles. The number of Topliss-reactive ketones (excluding diaryl/α,β-unsaturated/α-hetero) is 1. The number of nitrogens with zero attached hydrogens (tertiary/aromatic N) is 3. The molecule has 0 aliphatic carbocycles. The van der Waals surface area contributed by atoms with Gasteiger partial charge in [0.05, 0.1) is 18.2 Å². The van der Waals surface area contributed by atoms with Gasteiger partial charge in [-0.25, -0.2) is 0 Å². The Labute approximate surface area is 255 Å². The van der Waals surface area contributed by atoms with Gasteiger partial charge in [0.25, 0.3) is 5.78 Å². The van der Waals surface area contributed by atoms with Crippen molar-refractivity contribution in [1.29, 1.82) is 0 Å². The van der Waals surface area contributed by atoms with Gasteiger partial charge in [0.2, 0.25) is 5.13 Å². The number of aliphatic hydroxyl groups excluding tert-OH is 1. The zero-order valence-corrected chi connectivity index (χ0v) is 25.1. The zero-order chi connectivity index (χ0) is 29.4. The number of anilines is 1. The fourth-order valence-electron chi connectivity index (χ4n) is 5.12. The highest BCUT2D eigenvalue weighted by molar-refractivity contribution is 8.00. The number of amides is 1. The van der Waals surface area contributed by atoms with Gasteiger partial charge in [-0.3, -0.25) is 14.5 Å². The van der Waals surface area contributed by atoms with Crippen molar-refractivity contribution in [3.8, 4) is 11.5 Å². The Morgan fingerprint density at radius 3 is 2.79 bits per heavy atom. The Balaban J connectivity index is 1.40. The Kier molecular flexibility index (Phi) is 7.94. The Hall–Kier alpha value is -3.86. The van der Waals surface area contributed by atoms with E-state index >= 15 is 0 Å². The van der Waals surface area contributed by atoms with Crippen molar-refractivity contribution >= 4 is 57.3 Å². The molecule has 1 amide bonds. The minimum absolute atomic E-state index is 0.0201. The smallest absolute Gasteiger partial charge is 0.301 e. The predicted octanol–water partition coefficient (Wildman–Crippen LogP) is 6.83. The number of fused-ring (bicyclic) bond motifs is 1. The summed E-state index contributed by atoms with van der Waals surface area (Å²) in [5, 5.41) is 21.1. The molecule has 8 nitrogen and oxygen atoms in total. The van der Waals surface area contributed by atoms with Gasteiger partial charge < -0.3 is 14.6 Å². The number of aliphatic hydroxyl groups is 1. The van der Waals surface area contributed by atoms with Gasteiger partial charge in [0, 0.05) is 22.8 Å². The summed E-state index contributed by atoms with van der Waals surface area (Å²) in [6, 6.07) is 19.1. The molecule has 214 valence electrons. The average molecular weight is 620 g/mol. The lowest BCUT2D eigenvalue weighted by Gasteiger charge is -2.23. The third kappa shape index (κ3) is 5.37. The predicted molar refractivity (Wildman–Crippen MR) is 164 cm³/mol. The monoisotopic (exact) mass is 619 g/mol. The summed E-state index contributed by atoms with van der Waals surface area (Å²) >= 11 is 8.94. The number of ether oxygens (including phenoxy) is 2. The summed E-state index contributed by atoms with van der Waals surface area (Å²) in [5.41, 5.74) is 2.88. The molecule has 0 unspecified atom stereocenters. The molecule has 0 spiro atoms. The highest BCUT2D eigenvalue weighted by atomic mass is 35.5. The van der Waals surface area contributed by atoms with E-state index in [0.717, 1.165) is 16.9 Å². The molecule has 4 aromatic rings. The maximum atomic E-state index is 13.6. The standard InChI is InChI=1S/C31H26ClN3O5S2/c1-3-39-22-9-6-8-18(15-22)26-25(27(36)19-11-12-24-21(14-19)13-17(2)40-24)28(37)29(38)35(26)30-33-34-31(42-30)41-16-20-7-4-5-10-23(20)32/h4-12,14-15,17,26,36H,3,13,16H2,1-2H3/b27-25+/t17-,26+/m1/s1. The summed E-state index contributed by atoms with van der Waals surface area (Å²) in [5.74, 6) is 0.0369. The largest absolute Gasteiger partial charge is 0.507 e. The van der Waals surface area contributed by atoms with Crippen molar-refractivity contribution in [1.82, 2.24) is 10.2 Å². The molecule has 2 atom stereocenters. The summed E-state index contributed by atoms with van der Waals surface area (Å²) in [4.78, 5) is 28.5. The molecule has 0 radical (unpaired) electrons. The van der Waals surface area contributed by atoms with Crippen LogP contribution in [0.25, 0.3) is 5.76 Å². The number of thioether (sulfide) groups is 1. The van der Waals surface area contributed by atoms with Gasteiger partial charge in [-0.1, -0.05) is 65.0 Å². The lowest BCUT2D eigenvalue weighted by molar-refractivity contribution is -0.132. The number of carbonyl (C=O) groups excluding carboxylic acids is 2. The van der Waals surface area contributed by atoms with Crippen LogP contribution < -0.4 is 14.4 Å². The number of benzene rings is 3. The Morgan fingerprint density at radius 2 is 1.98 bits per heavy atom. The second-order valence-electron chi connectivity index (χ2n) is 9.86. The van der Waals surface area contributed by atoms with E-state index in [2.05, 4.69) is 10.2 Å². The van der Waals surface area contributed by atoms with Gasteiger partial charge in [0.1, 0.15) is 23.4 Å². The molecule has 6 rings (SSSR count). The van der Waals surface area contributed by atoms with E-state index in [1.165, 1.54) is 28.0 Å². The third-order valence-corrected chi connectivity index (χ3v) is 9.48. The van der Waals surface area contributed by atoms with E-state index in [-0.39, 0.29) is 22.6 Å². The molecule has 3 heterocycles. The maximum absolute atomic E-state index is 13.6. The molecular formula is C31H26ClN3O5S2. The van der Waals surface area contributed by atoms with Crippen LogP contribution in [0.5, 0.6) is 11.5 Å². The second kappa shape index (κ2) is 11.8. The number of halogens is 1. The van der Waals surface area contributed by atoms with Crippen LogP contribution in [0.4, 0.5) is 5.13 Å². The SMILES string of the molecule is CCOc1cccc([C@H]2/C(=C(\O)c3ccc4c(c3)C[C@@H](C)O4)C(=O)C(=O)N2c2nnc(SCc3ccccc3Cl)s2)c1. The number of ketones is 1. The van der Waals surface area contributed by atoms with Crippen molar-refractivity contribution in [2.24, 2.45) is 0 Å². The molecule has 2 aliphatic rings. The lowest BCUT2D eigenvalue weighted by Crippen LogP contribution is -2.29. The van der Waals surface area contributed by atoms with Crippen molar-refractivity contribution in [3.63, 3.8) is 0 Å².